The average molecular weight is 292 g/mol. The monoisotopic (exact) mass is 292 g/mol. The van der Waals surface area contributed by atoms with E-state index in [1.807, 2.05) is 6.07 Å². The van der Waals surface area contributed by atoms with Crippen molar-refractivity contribution in [3.63, 3.8) is 0 Å². The van der Waals surface area contributed by atoms with E-state index >= 15 is 0 Å². The van der Waals surface area contributed by atoms with Crippen LogP contribution in [0.25, 0.3) is 6.08 Å². The summed E-state index contributed by atoms with van der Waals surface area (Å²) in [7, 11) is 0. The van der Waals surface area contributed by atoms with Gasteiger partial charge < -0.3 is 15.2 Å². The maximum Gasteiger partial charge on any atom is 0.408 e. The van der Waals surface area contributed by atoms with Crippen molar-refractivity contribution in [3.05, 3.63) is 36.2 Å². The summed E-state index contributed by atoms with van der Waals surface area (Å²) in [5.41, 5.74) is 0.192. The van der Waals surface area contributed by atoms with Gasteiger partial charge in [0.2, 0.25) is 0 Å². The molecule has 0 aliphatic rings. The number of hydrogen-bond acceptors (Lipinski definition) is 4. The quantitative estimate of drug-likeness (QED) is 0.870. The lowest BCUT2D eigenvalue weighted by Crippen LogP contribution is -2.43. The van der Waals surface area contributed by atoms with Crippen LogP contribution in [0.4, 0.5) is 4.79 Å². The second kappa shape index (κ2) is 7.42. The van der Waals surface area contributed by atoms with Gasteiger partial charge in [-0.3, -0.25) is 4.98 Å². The molecule has 1 atom stereocenters. The van der Waals surface area contributed by atoms with Crippen molar-refractivity contribution in [1.82, 2.24) is 10.3 Å². The first-order valence-electron chi connectivity index (χ1n) is 6.57. The van der Waals surface area contributed by atoms with Crippen LogP contribution in [0, 0.1) is 0 Å². The number of carboxylic acid groups (broad SMARTS) is 1. The van der Waals surface area contributed by atoms with Crippen LogP contribution in [0.2, 0.25) is 0 Å². The van der Waals surface area contributed by atoms with E-state index in [0.717, 1.165) is 5.56 Å². The molecule has 2 N–H and O–H groups in total. The van der Waals surface area contributed by atoms with Crippen molar-refractivity contribution in [2.75, 3.05) is 0 Å². The minimum Gasteiger partial charge on any atom is -0.480 e. The number of nitrogens with zero attached hydrogens (tertiary/aromatic N) is 1. The number of carboxylic acids is 1. The number of aliphatic carboxylic acids is 1. The first-order valence-corrected chi connectivity index (χ1v) is 6.57. The molecule has 114 valence electrons. The van der Waals surface area contributed by atoms with Crippen molar-refractivity contribution >= 4 is 18.1 Å². The van der Waals surface area contributed by atoms with E-state index in [2.05, 4.69) is 10.3 Å². The number of nitrogens with one attached hydrogen (secondary N) is 1. The molecule has 0 aliphatic carbocycles. The Morgan fingerprint density at radius 1 is 1.48 bits per heavy atom. The molecule has 0 saturated heterocycles. The zero-order valence-electron chi connectivity index (χ0n) is 12.4. The van der Waals surface area contributed by atoms with Gasteiger partial charge in [-0.15, -0.1) is 0 Å². The Labute approximate surface area is 123 Å². The van der Waals surface area contributed by atoms with Crippen LogP contribution in [0.15, 0.2) is 30.6 Å². The van der Waals surface area contributed by atoms with Crippen LogP contribution in [-0.2, 0) is 9.53 Å². The van der Waals surface area contributed by atoms with E-state index in [9.17, 15) is 9.59 Å². The number of carbonyl (C=O) groups excluding carboxylic acids is 1. The third kappa shape index (κ3) is 7.10. The molecular formula is C15H20N2O4. The fourth-order valence-corrected chi connectivity index (χ4v) is 1.49. The third-order valence-corrected chi connectivity index (χ3v) is 2.36. The maximum absolute atomic E-state index is 11.6. The topological polar surface area (TPSA) is 88.5 Å². The Kier molecular flexibility index (Phi) is 5.90. The summed E-state index contributed by atoms with van der Waals surface area (Å²) in [6.07, 6.45) is 6.15. The molecule has 1 unspecified atom stereocenters. The maximum atomic E-state index is 11.6. The van der Waals surface area contributed by atoms with E-state index in [0.29, 0.717) is 0 Å². The molecular weight excluding hydrogens is 272 g/mol. The van der Waals surface area contributed by atoms with Gasteiger partial charge in [-0.1, -0.05) is 18.2 Å². The summed E-state index contributed by atoms with van der Waals surface area (Å²) in [4.78, 5) is 26.7. The van der Waals surface area contributed by atoms with Crippen LogP contribution >= 0.6 is 0 Å². The minimum atomic E-state index is -1.11. The van der Waals surface area contributed by atoms with Crippen LogP contribution in [0.3, 0.4) is 0 Å². The minimum absolute atomic E-state index is 0.156. The van der Waals surface area contributed by atoms with E-state index in [-0.39, 0.29) is 6.42 Å². The van der Waals surface area contributed by atoms with Gasteiger partial charge in [0.25, 0.3) is 0 Å². The smallest absolute Gasteiger partial charge is 0.408 e. The molecule has 1 amide bonds. The van der Waals surface area contributed by atoms with Crippen molar-refractivity contribution in [2.45, 2.75) is 38.8 Å². The number of hydrogen-bond donors (Lipinski definition) is 2. The van der Waals surface area contributed by atoms with E-state index in [1.165, 1.54) is 0 Å². The summed E-state index contributed by atoms with van der Waals surface area (Å²) >= 11 is 0. The van der Waals surface area contributed by atoms with Gasteiger partial charge in [0.1, 0.15) is 11.6 Å². The molecule has 1 aromatic rings. The molecule has 6 nitrogen and oxygen atoms in total. The van der Waals surface area contributed by atoms with Crippen molar-refractivity contribution in [3.8, 4) is 0 Å². The highest BCUT2D eigenvalue weighted by atomic mass is 16.6. The average Bonchev–Trinajstić information content (AvgIpc) is 2.36. The third-order valence-electron chi connectivity index (χ3n) is 2.36. The summed E-state index contributed by atoms with van der Waals surface area (Å²) in [6.45, 7) is 5.14. The number of carbonyl (C=O) groups is 2. The largest absolute Gasteiger partial charge is 0.480 e. The summed E-state index contributed by atoms with van der Waals surface area (Å²) in [5, 5.41) is 11.4. The Morgan fingerprint density at radius 3 is 2.71 bits per heavy atom. The highest BCUT2D eigenvalue weighted by molar-refractivity contribution is 5.80. The zero-order valence-corrected chi connectivity index (χ0v) is 12.4. The fourth-order valence-electron chi connectivity index (χ4n) is 1.49. The number of amides is 1. The van der Waals surface area contributed by atoms with E-state index in [4.69, 9.17) is 9.84 Å². The first-order chi connectivity index (χ1) is 9.78. The molecule has 0 aliphatic heterocycles. The molecule has 0 saturated carbocycles. The first kappa shape index (κ1) is 16.7. The van der Waals surface area contributed by atoms with Gasteiger partial charge in [0, 0.05) is 12.4 Å². The van der Waals surface area contributed by atoms with Gasteiger partial charge in [-0.2, -0.15) is 0 Å². The van der Waals surface area contributed by atoms with Crippen LogP contribution < -0.4 is 5.32 Å². The Morgan fingerprint density at radius 2 is 2.19 bits per heavy atom. The molecule has 0 spiro atoms. The highest BCUT2D eigenvalue weighted by Crippen LogP contribution is 2.08. The van der Waals surface area contributed by atoms with Crippen molar-refractivity contribution in [1.29, 1.82) is 0 Å². The molecule has 1 aromatic heterocycles. The molecule has 0 aromatic carbocycles. The predicted molar refractivity (Wildman–Crippen MR) is 78.7 cm³/mol. The molecule has 1 rings (SSSR count). The number of alkyl carbamates (subject to hydrolysis) is 1. The molecule has 0 radical (unpaired) electrons. The molecule has 0 bridgehead atoms. The Balaban J connectivity index is 2.56. The lowest BCUT2D eigenvalue weighted by atomic mass is 10.1. The molecule has 6 heteroatoms. The number of ether oxygens (including phenoxy) is 1. The highest BCUT2D eigenvalue weighted by Gasteiger charge is 2.22. The number of rotatable bonds is 5. The van der Waals surface area contributed by atoms with Crippen LogP contribution in [0.1, 0.15) is 32.8 Å². The van der Waals surface area contributed by atoms with E-state index in [1.54, 1.807) is 51.4 Å². The molecule has 0 fully saturated rings. The SMILES string of the molecule is CC(C)(C)OC(=O)NC(C/C=C\c1cccnc1)C(=O)O. The standard InChI is InChI=1S/C15H20N2O4/c1-15(2,3)21-14(20)17-12(13(18)19)8-4-6-11-7-5-9-16-10-11/h4-7,9-10,12H,8H2,1-3H3,(H,17,20)(H,18,19)/b6-4-. The summed E-state index contributed by atoms with van der Waals surface area (Å²) in [5.74, 6) is -1.11. The van der Waals surface area contributed by atoms with Gasteiger partial charge in [-0.05, 0) is 38.8 Å². The Bertz CT molecular complexity index is 506. The molecule has 21 heavy (non-hydrogen) atoms. The van der Waals surface area contributed by atoms with Crippen LogP contribution in [0.5, 0.6) is 0 Å². The number of pyridine rings is 1. The van der Waals surface area contributed by atoms with Crippen LogP contribution in [-0.4, -0.2) is 33.8 Å². The second-order valence-corrected chi connectivity index (χ2v) is 5.46. The lowest BCUT2D eigenvalue weighted by molar-refractivity contribution is -0.139. The Hall–Kier alpha value is -2.37. The van der Waals surface area contributed by atoms with Crippen molar-refractivity contribution in [2.24, 2.45) is 0 Å². The number of aromatic nitrogens is 1. The zero-order chi connectivity index (χ0) is 15.9. The normalized spacial score (nSPS) is 12.9. The molecule has 1 heterocycles. The van der Waals surface area contributed by atoms with Gasteiger partial charge >= 0.3 is 12.1 Å². The summed E-state index contributed by atoms with van der Waals surface area (Å²) in [6, 6.07) is 2.60. The van der Waals surface area contributed by atoms with E-state index < -0.39 is 23.7 Å². The van der Waals surface area contributed by atoms with Gasteiger partial charge in [-0.25, -0.2) is 9.59 Å². The second-order valence-electron chi connectivity index (χ2n) is 5.46. The van der Waals surface area contributed by atoms with Gasteiger partial charge in [0.05, 0.1) is 0 Å². The van der Waals surface area contributed by atoms with Gasteiger partial charge in [0.15, 0.2) is 0 Å². The lowest BCUT2D eigenvalue weighted by Gasteiger charge is -2.21. The van der Waals surface area contributed by atoms with Crippen molar-refractivity contribution < 1.29 is 19.4 Å². The predicted octanol–water partition coefficient (Wildman–Crippen LogP) is 2.46. The summed E-state index contributed by atoms with van der Waals surface area (Å²) < 4.78 is 5.04. The fraction of sp³-hybridized carbons (Fsp3) is 0.400.